The predicted molar refractivity (Wildman–Crippen MR) is 80.6 cm³/mol. The smallest absolute Gasteiger partial charge is 0.0228 e. The minimum absolute atomic E-state index is 1.03. The van der Waals surface area contributed by atoms with Crippen LogP contribution in [0.25, 0.3) is 0 Å². The summed E-state index contributed by atoms with van der Waals surface area (Å²) in [5, 5.41) is 0. The second-order valence-electron chi connectivity index (χ2n) is 3.74. The summed E-state index contributed by atoms with van der Waals surface area (Å²) in [5.74, 6) is 0. The molecule has 0 amide bonds. The zero-order chi connectivity index (χ0) is 13.7. The summed E-state index contributed by atoms with van der Waals surface area (Å²) < 4.78 is 0. The molecule has 0 N–H and O–H groups in total. The van der Waals surface area contributed by atoms with Crippen molar-refractivity contribution in [3.63, 3.8) is 0 Å². The fourth-order valence-electron chi connectivity index (χ4n) is 1.58. The Hall–Kier alpha value is -0.600. The fraction of sp³-hybridized carbons (Fsp3) is 0.733. The van der Waals surface area contributed by atoms with Gasteiger partial charge in [-0.3, -0.25) is 4.90 Å². The molecule has 0 aromatic heterocycles. The van der Waals surface area contributed by atoms with E-state index >= 15 is 0 Å². The Balaban J connectivity index is 0. The van der Waals surface area contributed by atoms with E-state index in [1.165, 1.54) is 31.8 Å². The zero-order valence-electron chi connectivity index (χ0n) is 12.8. The van der Waals surface area contributed by atoms with E-state index in [0.717, 1.165) is 6.54 Å². The predicted octanol–water partition coefficient (Wildman–Crippen LogP) is 3.42. The Labute approximate surface area is 109 Å². The lowest BCUT2D eigenvalue weighted by Gasteiger charge is -2.32. The molecule has 0 saturated carbocycles. The largest absolute Gasteiger partial charge is 0.304 e. The van der Waals surface area contributed by atoms with Crippen molar-refractivity contribution in [3.05, 3.63) is 24.3 Å². The molecule has 17 heavy (non-hydrogen) atoms. The first kappa shape index (κ1) is 18.8. The van der Waals surface area contributed by atoms with Crippen LogP contribution < -0.4 is 0 Å². The molecule has 0 atom stereocenters. The molecule has 1 aliphatic heterocycles. The van der Waals surface area contributed by atoms with Crippen LogP contribution in [0.15, 0.2) is 24.3 Å². The van der Waals surface area contributed by atoms with Crippen molar-refractivity contribution >= 4 is 0 Å². The summed E-state index contributed by atoms with van der Waals surface area (Å²) in [6, 6.07) is 0. The Kier molecular flexibility index (Phi) is 14.9. The molecule has 1 aliphatic rings. The Bertz CT molecular complexity index is 189. The van der Waals surface area contributed by atoms with Crippen LogP contribution in [0.5, 0.6) is 0 Å². The Morgan fingerprint density at radius 1 is 1.06 bits per heavy atom. The number of rotatable bonds is 3. The molecule has 0 aliphatic carbocycles. The normalized spacial score (nSPS) is 16.8. The summed E-state index contributed by atoms with van der Waals surface area (Å²) in [5.41, 5.74) is 1.21. The van der Waals surface area contributed by atoms with E-state index in [-0.39, 0.29) is 0 Å². The molecule has 0 aromatic rings. The average Bonchev–Trinajstić information content (AvgIpc) is 2.37. The van der Waals surface area contributed by atoms with Crippen molar-refractivity contribution in [1.82, 2.24) is 9.80 Å². The molecule has 0 unspecified atom stereocenters. The molecule has 0 spiro atoms. The van der Waals surface area contributed by atoms with Gasteiger partial charge in [0.1, 0.15) is 0 Å². The van der Waals surface area contributed by atoms with Gasteiger partial charge in [-0.15, -0.1) is 0 Å². The Morgan fingerprint density at radius 3 is 1.94 bits per heavy atom. The van der Waals surface area contributed by atoms with E-state index in [0.29, 0.717) is 0 Å². The minimum Gasteiger partial charge on any atom is -0.304 e. The van der Waals surface area contributed by atoms with Crippen molar-refractivity contribution in [3.8, 4) is 0 Å². The molecule has 1 heterocycles. The summed E-state index contributed by atoms with van der Waals surface area (Å²) in [7, 11) is 2.18. The number of piperazine rings is 1. The van der Waals surface area contributed by atoms with E-state index in [4.69, 9.17) is 0 Å². The first-order valence-electron chi connectivity index (χ1n) is 6.93. The highest BCUT2D eigenvalue weighted by Crippen LogP contribution is 2.03. The molecule has 1 rings (SSSR count). The summed E-state index contributed by atoms with van der Waals surface area (Å²) in [4.78, 5) is 4.83. The number of hydrogen-bond donors (Lipinski definition) is 0. The average molecular weight is 240 g/mol. The topological polar surface area (TPSA) is 6.48 Å². The van der Waals surface area contributed by atoms with Gasteiger partial charge < -0.3 is 4.90 Å². The van der Waals surface area contributed by atoms with Crippen LogP contribution in [-0.2, 0) is 0 Å². The molecule has 2 heteroatoms. The van der Waals surface area contributed by atoms with Gasteiger partial charge in [-0.2, -0.15) is 0 Å². The molecule has 2 nitrogen and oxygen atoms in total. The third-order valence-electron chi connectivity index (χ3n) is 2.42. The van der Waals surface area contributed by atoms with E-state index in [2.05, 4.69) is 35.6 Å². The molecule has 1 saturated heterocycles. The lowest BCUT2D eigenvalue weighted by Crippen LogP contribution is -2.44. The van der Waals surface area contributed by atoms with Gasteiger partial charge in [0.2, 0.25) is 0 Å². The molecule has 0 bridgehead atoms. The van der Waals surface area contributed by atoms with Crippen molar-refractivity contribution in [2.45, 2.75) is 34.6 Å². The van der Waals surface area contributed by atoms with Crippen LogP contribution in [0.1, 0.15) is 34.6 Å². The highest BCUT2D eigenvalue weighted by atomic mass is 15.2. The number of nitrogens with zero attached hydrogens (tertiary/aromatic N) is 2. The molecular weight excluding hydrogens is 208 g/mol. The standard InChI is InChI=1S/C11H20N2.2C2H6/c1-4-5-11(2)10-13-8-6-12(3)7-9-13;2*1-2/h4-5H,2,6-10H2,1,3H3;2*1-2H3/b5-4-;;. The third-order valence-corrected chi connectivity index (χ3v) is 2.42. The maximum absolute atomic E-state index is 4.02. The molecule has 102 valence electrons. The number of hydrogen-bond acceptors (Lipinski definition) is 2. The van der Waals surface area contributed by atoms with Gasteiger partial charge in [-0.05, 0) is 19.5 Å². The van der Waals surface area contributed by atoms with E-state index < -0.39 is 0 Å². The van der Waals surface area contributed by atoms with Crippen molar-refractivity contribution in [1.29, 1.82) is 0 Å². The summed E-state index contributed by atoms with van der Waals surface area (Å²) in [6.45, 7) is 19.8. The second kappa shape index (κ2) is 13.5. The monoisotopic (exact) mass is 240 g/mol. The summed E-state index contributed by atoms with van der Waals surface area (Å²) in [6.07, 6.45) is 4.15. The fourth-order valence-corrected chi connectivity index (χ4v) is 1.58. The first-order chi connectivity index (χ1) is 8.22. The van der Waals surface area contributed by atoms with Crippen molar-refractivity contribution in [2.75, 3.05) is 39.8 Å². The summed E-state index contributed by atoms with van der Waals surface area (Å²) >= 11 is 0. The minimum atomic E-state index is 1.03. The highest BCUT2D eigenvalue weighted by Gasteiger charge is 2.12. The lowest BCUT2D eigenvalue weighted by atomic mass is 10.2. The van der Waals surface area contributed by atoms with Crippen LogP contribution in [0.3, 0.4) is 0 Å². The SMILES string of the molecule is C=C(/C=C\C)CN1CCN(C)CC1.CC.CC. The van der Waals surface area contributed by atoms with E-state index in [1.807, 2.05) is 34.6 Å². The zero-order valence-corrected chi connectivity index (χ0v) is 12.8. The van der Waals surface area contributed by atoms with Gasteiger partial charge in [-0.25, -0.2) is 0 Å². The number of likely N-dealkylation sites (N-methyl/N-ethyl adjacent to an activating group) is 1. The third kappa shape index (κ3) is 10.3. The van der Waals surface area contributed by atoms with E-state index in [1.54, 1.807) is 0 Å². The van der Waals surface area contributed by atoms with Crippen LogP contribution in [-0.4, -0.2) is 49.6 Å². The van der Waals surface area contributed by atoms with Crippen LogP contribution in [0.4, 0.5) is 0 Å². The van der Waals surface area contributed by atoms with Crippen LogP contribution in [0, 0.1) is 0 Å². The molecule has 1 fully saturated rings. The second-order valence-corrected chi connectivity index (χ2v) is 3.74. The van der Waals surface area contributed by atoms with Gasteiger partial charge >= 0.3 is 0 Å². The van der Waals surface area contributed by atoms with Gasteiger partial charge in [0.15, 0.2) is 0 Å². The van der Waals surface area contributed by atoms with Crippen molar-refractivity contribution in [2.24, 2.45) is 0 Å². The van der Waals surface area contributed by atoms with Crippen LogP contribution >= 0.6 is 0 Å². The lowest BCUT2D eigenvalue weighted by molar-refractivity contribution is 0.165. The molecule has 0 aromatic carbocycles. The maximum Gasteiger partial charge on any atom is 0.0228 e. The van der Waals surface area contributed by atoms with Crippen LogP contribution in [0.2, 0.25) is 0 Å². The van der Waals surface area contributed by atoms with E-state index in [9.17, 15) is 0 Å². The Morgan fingerprint density at radius 2 is 1.53 bits per heavy atom. The van der Waals surface area contributed by atoms with Gasteiger partial charge in [0.25, 0.3) is 0 Å². The highest BCUT2D eigenvalue weighted by molar-refractivity contribution is 5.15. The van der Waals surface area contributed by atoms with Gasteiger partial charge in [-0.1, -0.05) is 46.4 Å². The number of allylic oxidation sites excluding steroid dienone is 1. The van der Waals surface area contributed by atoms with Gasteiger partial charge in [0, 0.05) is 32.7 Å². The molecule has 0 radical (unpaired) electrons. The maximum atomic E-state index is 4.02. The van der Waals surface area contributed by atoms with Crippen molar-refractivity contribution < 1.29 is 0 Å². The van der Waals surface area contributed by atoms with Gasteiger partial charge in [0.05, 0.1) is 0 Å². The first-order valence-corrected chi connectivity index (χ1v) is 6.93. The quantitative estimate of drug-likeness (QED) is 0.698. The molecular formula is C15H32N2.